The maximum atomic E-state index is 11.9. The van der Waals surface area contributed by atoms with Crippen LogP contribution in [0.3, 0.4) is 0 Å². The van der Waals surface area contributed by atoms with Crippen molar-refractivity contribution in [2.45, 2.75) is 26.2 Å². The zero-order valence-corrected chi connectivity index (χ0v) is 12.9. The van der Waals surface area contributed by atoms with E-state index in [4.69, 9.17) is 4.74 Å². The van der Waals surface area contributed by atoms with Crippen LogP contribution in [0.2, 0.25) is 0 Å². The second-order valence-electron chi connectivity index (χ2n) is 5.25. The van der Waals surface area contributed by atoms with Gasteiger partial charge in [-0.05, 0) is 43.2 Å². The highest BCUT2D eigenvalue weighted by atomic mass is 32.1. The molecule has 0 aliphatic heterocycles. The van der Waals surface area contributed by atoms with Crippen molar-refractivity contribution in [3.63, 3.8) is 0 Å². The minimum absolute atomic E-state index is 0.355. The minimum Gasteiger partial charge on any atom is -0.461 e. The van der Waals surface area contributed by atoms with E-state index in [2.05, 4.69) is 9.98 Å². The Kier molecular flexibility index (Phi) is 4.29. The maximum absolute atomic E-state index is 11.9. The second-order valence-corrected chi connectivity index (χ2v) is 6.14. The summed E-state index contributed by atoms with van der Waals surface area (Å²) in [6.07, 6.45) is 5.78. The van der Waals surface area contributed by atoms with E-state index in [1.165, 1.54) is 30.6 Å². The molecule has 2 aromatic heterocycles. The molecule has 0 radical (unpaired) electrons. The lowest BCUT2D eigenvalue weighted by atomic mass is 9.86. The van der Waals surface area contributed by atoms with Crippen LogP contribution in [0.15, 0.2) is 22.5 Å². The van der Waals surface area contributed by atoms with Crippen molar-refractivity contribution in [1.29, 1.82) is 0 Å². The van der Waals surface area contributed by atoms with Crippen LogP contribution in [0.25, 0.3) is 10.2 Å². The third kappa shape index (κ3) is 3.13. The zero-order chi connectivity index (χ0) is 14.7. The van der Waals surface area contributed by atoms with E-state index in [1.54, 1.807) is 13.0 Å². The Bertz CT molecular complexity index is 674. The highest BCUT2D eigenvalue weighted by Gasteiger charge is 2.16. The number of carbonyl (C=O) groups excluding carboxylic acids is 1. The van der Waals surface area contributed by atoms with Crippen LogP contribution in [0.4, 0.5) is 0 Å². The van der Waals surface area contributed by atoms with Crippen LogP contribution >= 0.6 is 11.3 Å². The van der Waals surface area contributed by atoms with Crippen molar-refractivity contribution >= 4 is 33.7 Å². The molecule has 2 heterocycles. The Morgan fingerprint density at radius 2 is 2.43 bits per heavy atom. The maximum Gasteiger partial charge on any atom is 0.356 e. The molecule has 3 rings (SSSR count). The van der Waals surface area contributed by atoms with E-state index < -0.39 is 0 Å². The van der Waals surface area contributed by atoms with E-state index in [-0.39, 0.29) is 5.97 Å². The van der Waals surface area contributed by atoms with Gasteiger partial charge in [0.1, 0.15) is 4.83 Å². The van der Waals surface area contributed by atoms with E-state index >= 15 is 0 Å². The van der Waals surface area contributed by atoms with Crippen molar-refractivity contribution in [3.05, 3.63) is 28.8 Å². The molecule has 0 atom stereocenters. The predicted octanol–water partition coefficient (Wildman–Crippen LogP) is 3.69. The molecule has 1 fully saturated rings. The summed E-state index contributed by atoms with van der Waals surface area (Å²) in [5, 5.41) is 3.03. The molecule has 0 bridgehead atoms. The fraction of sp³-hybridized carbons (Fsp3) is 0.438. The van der Waals surface area contributed by atoms with Crippen molar-refractivity contribution in [3.8, 4) is 0 Å². The van der Waals surface area contributed by atoms with Crippen molar-refractivity contribution in [2.24, 2.45) is 10.9 Å². The summed E-state index contributed by atoms with van der Waals surface area (Å²) in [7, 11) is 0. The van der Waals surface area contributed by atoms with Crippen molar-refractivity contribution in [1.82, 2.24) is 4.98 Å². The summed E-state index contributed by atoms with van der Waals surface area (Å²) in [6.45, 7) is 3.03. The molecule has 110 valence electrons. The first-order valence-corrected chi connectivity index (χ1v) is 8.21. The van der Waals surface area contributed by atoms with Gasteiger partial charge >= 0.3 is 5.97 Å². The normalized spacial score (nSPS) is 15.5. The molecular weight excluding hydrogens is 284 g/mol. The molecule has 1 saturated carbocycles. The van der Waals surface area contributed by atoms with Gasteiger partial charge in [0.05, 0.1) is 6.61 Å². The largest absolute Gasteiger partial charge is 0.461 e. The lowest BCUT2D eigenvalue weighted by molar-refractivity contribution is 0.0520. The van der Waals surface area contributed by atoms with Crippen LogP contribution in [0, 0.1) is 5.92 Å². The van der Waals surface area contributed by atoms with Gasteiger partial charge in [0.15, 0.2) is 5.69 Å². The molecule has 0 aromatic carbocycles. The standard InChI is InChI=1S/C16H18N2O2S/c1-2-20-16(19)14-8-12(10-17-9-11-4-3-5-11)13-6-7-21-15(13)18-14/h6-8,10-11H,2-5,9H2,1H3. The summed E-state index contributed by atoms with van der Waals surface area (Å²) in [4.78, 5) is 21.6. The Morgan fingerprint density at radius 1 is 1.57 bits per heavy atom. The fourth-order valence-electron chi connectivity index (χ4n) is 2.37. The lowest BCUT2D eigenvalue weighted by Crippen LogP contribution is -2.14. The van der Waals surface area contributed by atoms with Crippen LogP contribution in [-0.2, 0) is 4.74 Å². The number of hydrogen-bond donors (Lipinski definition) is 0. The average molecular weight is 302 g/mol. The third-order valence-corrected chi connectivity index (χ3v) is 4.58. The van der Waals surface area contributed by atoms with Gasteiger partial charge in [0.25, 0.3) is 0 Å². The number of carbonyl (C=O) groups is 1. The van der Waals surface area contributed by atoms with Crippen LogP contribution in [0.1, 0.15) is 42.2 Å². The number of ether oxygens (including phenoxy) is 1. The van der Waals surface area contributed by atoms with Crippen LogP contribution in [-0.4, -0.2) is 30.3 Å². The van der Waals surface area contributed by atoms with Crippen molar-refractivity contribution in [2.75, 3.05) is 13.2 Å². The third-order valence-electron chi connectivity index (χ3n) is 3.77. The molecule has 5 heteroatoms. The van der Waals surface area contributed by atoms with Crippen molar-refractivity contribution < 1.29 is 9.53 Å². The Balaban J connectivity index is 1.87. The molecule has 0 N–H and O–H groups in total. The van der Waals surface area contributed by atoms with Gasteiger partial charge in [-0.15, -0.1) is 11.3 Å². The summed E-state index contributed by atoms with van der Waals surface area (Å²) in [6, 6.07) is 3.80. The lowest BCUT2D eigenvalue weighted by Gasteiger charge is -2.22. The zero-order valence-electron chi connectivity index (χ0n) is 12.0. The minimum atomic E-state index is -0.374. The Morgan fingerprint density at radius 3 is 3.14 bits per heavy atom. The topological polar surface area (TPSA) is 51.5 Å². The monoisotopic (exact) mass is 302 g/mol. The number of pyridine rings is 1. The van der Waals surface area contributed by atoms with E-state index in [9.17, 15) is 4.79 Å². The van der Waals surface area contributed by atoms with Gasteiger partial charge in [0.2, 0.25) is 0 Å². The first-order chi connectivity index (χ1) is 10.3. The molecule has 1 aliphatic rings. The molecule has 4 nitrogen and oxygen atoms in total. The second kappa shape index (κ2) is 6.35. The number of hydrogen-bond acceptors (Lipinski definition) is 5. The van der Waals surface area contributed by atoms with Gasteiger partial charge in [0, 0.05) is 23.7 Å². The average Bonchev–Trinajstić information content (AvgIpc) is 2.90. The molecule has 0 amide bonds. The smallest absolute Gasteiger partial charge is 0.356 e. The van der Waals surface area contributed by atoms with Gasteiger partial charge < -0.3 is 4.74 Å². The summed E-state index contributed by atoms with van der Waals surface area (Å²) < 4.78 is 5.04. The number of rotatable bonds is 5. The first-order valence-electron chi connectivity index (χ1n) is 7.33. The molecule has 0 saturated heterocycles. The molecular formula is C16H18N2O2S. The number of nitrogens with zero attached hydrogens (tertiary/aromatic N) is 2. The van der Waals surface area contributed by atoms with E-state index in [0.29, 0.717) is 12.3 Å². The predicted molar refractivity (Wildman–Crippen MR) is 85.4 cm³/mol. The van der Waals surface area contributed by atoms with Gasteiger partial charge in [-0.3, -0.25) is 4.99 Å². The molecule has 0 spiro atoms. The van der Waals surface area contributed by atoms with E-state index in [1.807, 2.05) is 17.7 Å². The molecule has 21 heavy (non-hydrogen) atoms. The molecule has 0 unspecified atom stereocenters. The highest BCUT2D eigenvalue weighted by Crippen LogP contribution is 2.27. The number of esters is 1. The Hall–Kier alpha value is -1.75. The Labute approximate surface area is 127 Å². The highest BCUT2D eigenvalue weighted by molar-refractivity contribution is 7.16. The number of thiophene rings is 1. The summed E-state index contributed by atoms with van der Waals surface area (Å²) >= 11 is 1.53. The SMILES string of the molecule is CCOC(=O)c1cc(C=NCC2CCC2)c2ccsc2n1. The van der Waals surface area contributed by atoms with Crippen LogP contribution < -0.4 is 0 Å². The fourth-order valence-corrected chi connectivity index (χ4v) is 3.16. The van der Waals surface area contributed by atoms with E-state index in [0.717, 1.165) is 28.2 Å². The molecule has 2 aromatic rings. The van der Waals surface area contributed by atoms with Gasteiger partial charge in [-0.1, -0.05) is 6.42 Å². The van der Waals surface area contributed by atoms with Gasteiger partial charge in [-0.25, -0.2) is 9.78 Å². The molecule has 1 aliphatic carbocycles. The van der Waals surface area contributed by atoms with Gasteiger partial charge in [-0.2, -0.15) is 0 Å². The quantitative estimate of drug-likeness (QED) is 0.625. The summed E-state index contributed by atoms with van der Waals surface area (Å²) in [5.74, 6) is 0.368. The summed E-state index contributed by atoms with van der Waals surface area (Å²) in [5.41, 5.74) is 1.31. The number of fused-ring (bicyclic) bond motifs is 1. The number of aliphatic imine (C=N–C) groups is 1. The first kappa shape index (κ1) is 14.2. The van der Waals surface area contributed by atoms with Crippen LogP contribution in [0.5, 0.6) is 0 Å². The number of aromatic nitrogens is 1.